The van der Waals surface area contributed by atoms with Gasteiger partial charge in [0.05, 0.1) is 17.1 Å². The molecule has 0 aliphatic carbocycles. The molecule has 21 heavy (non-hydrogen) atoms. The van der Waals surface area contributed by atoms with Gasteiger partial charge in [-0.2, -0.15) is 10.1 Å². The zero-order chi connectivity index (χ0) is 15.0. The van der Waals surface area contributed by atoms with Crippen molar-refractivity contribution in [2.45, 2.75) is 12.5 Å². The molecule has 7 nitrogen and oxygen atoms in total. The number of fused-ring (bicyclic) bond motifs is 1. The van der Waals surface area contributed by atoms with Crippen LogP contribution in [-0.2, 0) is 9.59 Å². The molecule has 9 heteroatoms. The monoisotopic (exact) mass is 325 g/mol. The summed E-state index contributed by atoms with van der Waals surface area (Å²) < 4.78 is 1.36. The Balaban J connectivity index is 1.85. The van der Waals surface area contributed by atoms with Crippen molar-refractivity contribution in [1.82, 2.24) is 14.8 Å². The molecule has 2 amide bonds. The molecule has 0 saturated heterocycles. The molecule has 0 radical (unpaired) electrons. The largest absolute Gasteiger partial charge is 0.323 e. The van der Waals surface area contributed by atoms with Gasteiger partial charge in [-0.15, -0.1) is 0 Å². The maximum absolute atomic E-state index is 12.3. The zero-order valence-corrected chi connectivity index (χ0v) is 12.0. The Morgan fingerprint density at radius 3 is 3.00 bits per heavy atom. The highest BCUT2D eigenvalue weighted by atomic mass is 35.5. The van der Waals surface area contributed by atoms with Gasteiger partial charge in [-0.25, -0.2) is 4.68 Å². The summed E-state index contributed by atoms with van der Waals surface area (Å²) in [5, 5.41) is 9.92. The van der Waals surface area contributed by atoms with E-state index in [0.717, 1.165) is 0 Å². The first-order valence-electron chi connectivity index (χ1n) is 6.00. The van der Waals surface area contributed by atoms with Crippen LogP contribution in [0.15, 0.2) is 24.5 Å². The first-order valence-corrected chi connectivity index (χ1v) is 6.75. The van der Waals surface area contributed by atoms with E-state index in [1.165, 1.54) is 17.1 Å². The second-order valence-electron chi connectivity index (χ2n) is 4.41. The lowest BCUT2D eigenvalue weighted by molar-refractivity contribution is -0.125. The molecule has 1 unspecified atom stereocenters. The minimum absolute atomic E-state index is 0.0204. The molecule has 0 saturated carbocycles. The lowest BCUT2D eigenvalue weighted by atomic mass is 10.1. The Kier molecular flexibility index (Phi) is 3.52. The molecule has 108 valence electrons. The SMILES string of the molecule is O=C1CC(C(=O)Nc2ccc(Cl)cc2Cl)n2ncnc2N1. The van der Waals surface area contributed by atoms with Crippen LogP contribution in [0.2, 0.25) is 10.0 Å². The molecule has 0 bridgehead atoms. The van der Waals surface area contributed by atoms with E-state index in [4.69, 9.17) is 23.2 Å². The highest BCUT2D eigenvalue weighted by Gasteiger charge is 2.32. The first kappa shape index (κ1) is 13.8. The molecule has 1 aliphatic heterocycles. The fraction of sp³-hybridized carbons (Fsp3) is 0.167. The summed E-state index contributed by atoms with van der Waals surface area (Å²) in [5.74, 6) is -0.452. The number of halogens is 2. The van der Waals surface area contributed by atoms with Crippen molar-refractivity contribution >= 4 is 46.7 Å². The van der Waals surface area contributed by atoms with Gasteiger partial charge in [0.15, 0.2) is 0 Å². The first-order chi connectivity index (χ1) is 10.0. The number of carbonyl (C=O) groups excluding carboxylic acids is 2. The van der Waals surface area contributed by atoms with E-state index in [9.17, 15) is 9.59 Å². The van der Waals surface area contributed by atoms with Gasteiger partial charge in [0.25, 0.3) is 0 Å². The van der Waals surface area contributed by atoms with E-state index in [-0.39, 0.29) is 18.3 Å². The average molecular weight is 326 g/mol. The molecular formula is C12H9Cl2N5O2. The predicted octanol–water partition coefficient (Wildman–Crippen LogP) is 2.11. The van der Waals surface area contributed by atoms with Crippen LogP contribution in [0, 0.1) is 0 Å². The van der Waals surface area contributed by atoms with E-state index in [0.29, 0.717) is 15.7 Å². The van der Waals surface area contributed by atoms with Crippen molar-refractivity contribution in [3.05, 3.63) is 34.6 Å². The summed E-state index contributed by atoms with van der Waals surface area (Å²) in [5.41, 5.74) is 0.415. The van der Waals surface area contributed by atoms with E-state index >= 15 is 0 Å². The third kappa shape index (κ3) is 2.70. The van der Waals surface area contributed by atoms with Gasteiger partial charge in [0.1, 0.15) is 12.4 Å². The van der Waals surface area contributed by atoms with Crippen LogP contribution in [0.4, 0.5) is 11.6 Å². The maximum Gasteiger partial charge on any atom is 0.249 e. The topological polar surface area (TPSA) is 88.9 Å². The molecule has 0 fully saturated rings. The van der Waals surface area contributed by atoms with Crippen molar-refractivity contribution in [3.8, 4) is 0 Å². The van der Waals surface area contributed by atoms with Gasteiger partial charge in [0, 0.05) is 5.02 Å². The normalized spacial score (nSPS) is 17.0. The fourth-order valence-electron chi connectivity index (χ4n) is 2.02. The third-order valence-electron chi connectivity index (χ3n) is 2.99. The van der Waals surface area contributed by atoms with Crippen LogP contribution in [0.25, 0.3) is 0 Å². The Hall–Kier alpha value is -2.12. The van der Waals surface area contributed by atoms with Gasteiger partial charge in [-0.3, -0.25) is 14.9 Å². The van der Waals surface area contributed by atoms with E-state index in [1.54, 1.807) is 12.1 Å². The average Bonchev–Trinajstić information content (AvgIpc) is 2.88. The van der Waals surface area contributed by atoms with Crippen LogP contribution >= 0.6 is 23.2 Å². The quantitative estimate of drug-likeness (QED) is 0.884. The minimum Gasteiger partial charge on any atom is -0.323 e. The van der Waals surface area contributed by atoms with Crippen LogP contribution < -0.4 is 10.6 Å². The number of aromatic nitrogens is 3. The van der Waals surface area contributed by atoms with Crippen molar-refractivity contribution in [2.24, 2.45) is 0 Å². The Bertz CT molecular complexity index is 730. The highest BCUT2D eigenvalue weighted by molar-refractivity contribution is 6.36. The van der Waals surface area contributed by atoms with Gasteiger partial charge in [0.2, 0.25) is 17.8 Å². The van der Waals surface area contributed by atoms with Crippen LogP contribution in [-0.4, -0.2) is 26.6 Å². The van der Waals surface area contributed by atoms with Gasteiger partial charge in [-0.05, 0) is 18.2 Å². The Morgan fingerprint density at radius 2 is 2.24 bits per heavy atom. The molecule has 1 aromatic heterocycles. The number of nitrogens with zero attached hydrogens (tertiary/aromatic N) is 3. The number of amides is 2. The number of benzene rings is 1. The number of hydrogen-bond acceptors (Lipinski definition) is 4. The summed E-state index contributed by atoms with van der Waals surface area (Å²) in [6.07, 6.45) is 1.25. The van der Waals surface area contributed by atoms with Crippen molar-refractivity contribution < 1.29 is 9.59 Å². The van der Waals surface area contributed by atoms with E-state index < -0.39 is 11.9 Å². The van der Waals surface area contributed by atoms with Gasteiger partial charge >= 0.3 is 0 Å². The van der Waals surface area contributed by atoms with Gasteiger partial charge in [-0.1, -0.05) is 23.2 Å². The molecule has 1 aliphatic rings. The van der Waals surface area contributed by atoms with Crippen LogP contribution in [0.5, 0.6) is 0 Å². The zero-order valence-electron chi connectivity index (χ0n) is 10.5. The lowest BCUT2D eigenvalue weighted by Crippen LogP contribution is -2.36. The number of rotatable bonds is 2. The smallest absolute Gasteiger partial charge is 0.249 e. The summed E-state index contributed by atoms with van der Waals surface area (Å²) in [6.45, 7) is 0. The number of hydrogen-bond donors (Lipinski definition) is 2. The highest BCUT2D eigenvalue weighted by Crippen LogP contribution is 2.28. The number of carbonyl (C=O) groups is 2. The van der Waals surface area contributed by atoms with Crippen LogP contribution in [0.3, 0.4) is 0 Å². The number of nitrogens with one attached hydrogen (secondary N) is 2. The molecule has 2 heterocycles. The molecule has 1 atom stereocenters. The second kappa shape index (κ2) is 5.34. The van der Waals surface area contributed by atoms with Crippen molar-refractivity contribution in [3.63, 3.8) is 0 Å². The summed E-state index contributed by atoms with van der Waals surface area (Å²) >= 11 is 11.8. The summed E-state index contributed by atoms with van der Waals surface area (Å²) in [4.78, 5) is 27.8. The molecule has 2 aromatic rings. The summed E-state index contributed by atoms with van der Waals surface area (Å²) in [6, 6.07) is 3.95. The number of anilines is 2. The molecule has 1 aromatic carbocycles. The Labute approximate surface area is 129 Å². The Morgan fingerprint density at radius 1 is 1.43 bits per heavy atom. The molecule has 3 rings (SSSR count). The molecule has 2 N–H and O–H groups in total. The molecular weight excluding hydrogens is 317 g/mol. The fourth-order valence-corrected chi connectivity index (χ4v) is 2.47. The minimum atomic E-state index is -0.775. The second-order valence-corrected chi connectivity index (χ2v) is 5.25. The standard InChI is InChI=1S/C12H9Cl2N5O2/c13-6-1-2-8(7(14)3-6)17-11(21)9-4-10(20)18-12-15-5-16-19(9)12/h1-3,5,9H,4H2,(H,17,21)(H,15,16,18,20). The van der Waals surface area contributed by atoms with E-state index in [2.05, 4.69) is 20.7 Å². The third-order valence-corrected chi connectivity index (χ3v) is 3.54. The molecule has 0 spiro atoms. The summed E-state index contributed by atoms with van der Waals surface area (Å²) in [7, 11) is 0. The van der Waals surface area contributed by atoms with Gasteiger partial charge < -0.3 is 5.32 Å². The van der Waals surface area contributed by atoms with E-state index in [1.807, 2.05) is 0 Å². The lowest BCUT2D eigenvalue weighted by Gasteiger charge is -2.22. The predicted molar refractivity (Wildman–Crippen MR) is 77.4 cm³/mol. The maximum atomic E-state index is 12.3. The van der Waals surface area contributed by atoms with Crippen molar-refractivity contribution in [1.29, 1.82) is 0 Å². The van der Waals surface area contributed by atoms with Crippen molar-refractivity contribution in [2.75, 3.05) is 10.6 Å². The van der Waals surface area contributed by atoms with Crippen LogP contribution in [0.1, 0.15) is 12.5 Å².